The maximum absolute atomic E-state index is 4.50. The molecule has 0 saturated heterocycles. The van der Waals surface area contributed by atoms with Crippen molar-refractivity contribution in [2.45, 2.75) is 91.3 Å². The summed E-state index contributed by atoms with van der Waals surface area (Å²) >= 11 is 0. The van der Waals surface area contributed by atoms with E-state index in [2.05, 4.69) is 72.7 Å². The molecule has 0 saturated carbocycles. The second kappa shape index (κ2) is 8.84. The monoisotopic (exact) mass is 349 g/mol. The van der Waals surface area contributed by atoms with E-state index in [9.17, 15) is 0 Å². The van der Waals surface area contributed by atoms with Crippen molar-refractivity contribution in [3.05, 3.63) is 5.69 Å². The summed E-state index contributed by atoms with van der Waals surface area (Å²) in [6.45, 7) is 17.1. The van der Waals surface area contributed by atoms with Crippen molar-refractivity contribution in [3.8, 4) is 11.5 Å². The van der Waals surface area contributed by atoms with E-state index in [0.29, 0.717) is 0 Å². The number of aryl methyl sites for hydroxylation is 1. The molecule has 130 valence electrons. The minimum atomic E-state index is -1.50. The van der Waals surface area contributed by atoms with Gasteiger partial charge in [0.2, 0.25) is 0 Å². The molecular formula is C18H35N3Si2. The third kappa shape index (κ3) is 7.49. The molecule has 1 heterocycles. The lowest BCUT2D eigenvalue weighted by atomic mass is 10.1. The summed E-state index contributed by atoms with van der Waals surface area (Å²) < 4.78 is 2.07. The molecule has 0 N–H and O–H groups in total. The van der Waals surface area contributed by atoms with Gasteiger partial charge < -0.3 is 0 Å². The second-order valence-electron chi connectivity index (χ2n) is 8.53. The Labute approximate surface area is 145 Å². The Hall–Kier alpha value is -0.866. The smallest absolute Gasteiger partial charge is 0.129 e. The highest BCUT2D eigenvalue weighted by Gasteiger charge is 2.25. The van der Waals surface area contributed by atoms with E-state index in [1.807, 2.05) is 0 Å². The molecule has 1 rings (SSSR count). The van der Waals surface area contributed by atoms with Crippen LogP contribution in [-0.4, -0.2) is 31.1 Å². The van der Waals surface area contributed by atoms with Crippen molar-refractivity contribution in [2.75, 3.05) is 0 Å². The summed E-state index contributed by atoms with van der Waals surface area (Å²) in [5.74, 6) is 3.45. The average Bonchev–Trinajstić information content (AvgIpc) is 2.82. The van der Waals surface area contributed by atoms with E-state index in [1.165, 1.54) is 43.8 Å². The fourth-order valence-electron chi connectivity index (χ4n) is 2.39. The fourth-order valence-corrected chi connectivity index (χ4v) is 4.13. The molecule has 5 heteroatoms. The number of aromatic nitrogens is 3. The lowest BCUT2D eigenvalue weighted by Crippen LogP contribution is -2.41. The van der Waals surface area contributed by atoms with Gasteiger partial charge in [-0.05, 0) is 6.42 Å². The third-order valence-electron chi connectivity index (χ3n) is 3.72. The van der Waals surface area contributed by atoms with E-state index in [-0.39, 0.29) is 0 Å². The molecule has 1 aromatic rings. The van der Waals surface area contributed by atoms with Crippen LogP contribution in [-0.2, 0) is 6.54 Å². The van der Waals surface area contributed by atoms with Gasteiger partial charge in [0.1, 0.15) is 21.8 Å². The third-order valence-corrected chi connectivity index (χ3v) is 6.36. The number of hydrogen-bond acceptors (Lipinski definition) is 2. The van der Waals surface area contributed by atoms with Gasteiger partial charge in [0.25, 0.3) is 0 Å². The largest absolute Gasteiger partial charge is 0.237 e. The van der Waals surface area contributed by atoms with Crippen LogP contribution in [0.2, 0.25) is 39.3 Å². The maximum Gasteiger partial charge on any atom is 0.129 e. The summed E-state index contributed by atoms with van der Waals surface area (Å²) in [5.41, 5.74) is 4.60. The highest BCUT2D eigenvalue weighted by atomic mass is 28.3. The predicted molar refractivity (Wildman–Crippen MR) is 107 cm³/mol. The Balaban J connectivity index is 2.82. The molecule has 0 bridgehead atoms. The Morgan fingerprint density at radius 1 is 0.913 bits per heavy atom. The Bertz CT molecular complexity index is 539. The summed E-state index contributed by atoms with van der Waals surface area (Å²) in [7, 11) is -2.89. The van der Waals surface area contributed by atoms with E-state index in [1.54, 1.807) is 0 Å². The van der Waals surface area contributed by atoms with Gasteiger partial charge in [0.05, 0.1) is 5.32 Å². The summed E-state index contributed by atoms with van der Waals surface area (Å²) in [4.78, 5) is 0. The lowest BCUT2D eigenvalue weighted by Gasteiger charge is -2.13. The van der Waals surface area contributed by atoms with Gasteiger partial charge in [-0.2, -0.15) is 0 Å². The van der Waals surface area contributed by atoms with Crippen LogP contribution in [0, 0.1) is 11.5 Å². The SMILES string of the molecule is CCCCCCCCn1nnc([Si](C)(C)C)c1C#C[Si](C)(C)C. The normalized spacial score (nSPS) is 12.1. The van der Waals surface area contributed by atoms with E-state index in [4.69, 9.17) is 0 Å². The first-order valence-corrected chi connectivity index (χ1v) is 16.1. The highest BCUT2D eigenvalue weighted by molar-refractivity contribution is 6.88. The van der Waals surface area contributed by atoms with Crippen molar-refractivity contribution in [3.63, 3.8) is 0 Å². The van der Waals surface area contributed by atoms with Gasteiger partial charge in [-0.15, -0.1) is 10.6 Å². The van der Waals surface area contributed by atoms with Crippen LogP contribution in [0.3, 0.4) is 0 Å². The number of nitrogens with zero attached hydrogens (tertiary/aromatic N) is 3. The minimum Gasteiger partial charge on any atom is -0.237 e. The van der Waals surface area contributed by atoms with Crippen molar-refractivity contribution >= 4 is 21.5 Å². The number of unbranched alkanes of at least 4 members (excludes halogenated alkanes) is 5. The molecule has 0 spiro atoms. The Morgan fingerprint density at radius 3 is 2.09 bits per heavy atom. The first kappa shape index (κ1) is 20.2. The van der Waals surface area contributed by atoms with Gasteiger partial charge in [-0.3, -0.25) is 0 Å². The van der Waals surface area contributed by atoms with Crippen LogP contribution in [0.15, 0.2) is 0 Å². The van der Waals surface area contributed by atoms with Crippen molar-refractivity contribution in [1.29, 1.82) is 0 Å². The molecule has 23 heavy (non-hydrogen) atoms. The quantitative estimate of drug-likeness (QED) is 0.395. The second-order valence-corrected chi connectivity index (χ2v) is 18.3. The van der Waals surface area contributed by atoms with E-state index in [0.717, 1.165) is 12.2 Å². The van der Waals surface area contributed by atoms with Gasteiger partial charge in [-0.25, -0.2) is 4.68 Å². The first-order valence-electron chi connectivity index (χ1n) is 9.12. The molecule has 0 aromatic carbocycles. The number of hydrogen-bond donors (Lipinski definition) is 0. The van der Waals surface area contributed by atoms with Crippen LogP contribution < -0.4 is 5.32 Å². The molecule has 0 aliphatic carbocycles. The van der Waals surface area contributed by atoms with E-state index >= 15 is 0 Å². The molecule has 0 radical (unpaired) electrons. The maximum atomic E-state index is 4.50. The molecule has 0 atom stereocenters. The van der Waals surface area contributed by atoms with Gasteiger partial charge in [-0.1, -0.05) is 89.4 Å². The predicted octanol–water partition coefficient (Wildman–Crippen LogP) is 4.41. The minimum absolute atomic E-state index is 0.958. The number of rotatable bonds is 8. The molecule has 0 fully saturated rings. The molecule has 0 amide bonds. The molecule has 1 aromatic heterocycles. The van der Waals surface area contributed by atoms with Gasteiger partial charge in [0, 0.05) is 6.54 Å². The zero-order valence-electron chi connectivity index (χ0n) is 16.3. The molecule has 0 unspecified atom stereocenters. The van der Waals surface area contributed by atoms with E-state index < -0.39 is 16.1 Å². The summed E-state index contributed by atoms with van der Waals surface area (Å²) in [6, 6.07) is 0. The van der Waals surface area contributed by atoms with Crippen LogP contribution in [0.4, 0.5) is 0 Å². The van der Waals surface area contributed by atoms with Crippen LogP contribution in [0.1, 0.15) is 51.1 Å². The van der Waals surface area contributed by atoms with Crippen molar-refractivity contribution in [1.82, 2.24) is 15.0 Å². The first-order chi connectivity index (χ1) is 10.6. The van der Waals surface area contributed by atoms with Crippen LogP contribution >= 0.6 is 0 Å². The van der Waals surface area contributed by atoms with Crippen molar-refractivity contribution in [2.24, 2.45) is 0 Å². The summed E-state index contributed by atoms with van der Waals surface area (Å²) in [6.07, 6.45) is 7.81. The Kier molecular flexibility index (Phi) is 7.75. The van der Waals surface area contributed by atoms with Crippen molar-refractivity contribution < 1.29 is 0 Å². The van der Waals surface area contributed by atoms with Crippen LogP contribution in [0.25, 0.3) is 0 Å². The molecular weight excluding hydrogens is 314 g/mol. The zero-order valence-corrected chi connectivity index (χ0v) is 18.3. The molecule has 0 aliphatic rings. The zero-order chi connectivity index (χ0) is 17.5. The van der Waals surface area contributed by atoms with Crippen LogP contribution in [0.5, 0.6) is 0 Å². The highest BCUT2D eigenvalue weighted by Crippen LogP contribution is 2.09. The standard InChI is InChI=1S/C18H35N3Si2/c1-8-9-10-11-12-13-15-21-17(14-16-22(2,3)4)18(19-20-21)23(5,6)7/h8-13,15H2,1-7H3. The average molecular weight is 350 g/mol. The lowest BCUT2D eigenvalue weighted by molar-refractivity contribution is 0.513. The summed E-state index contributed by atoms with van der Waals surface area (Å²) in [5, 5.41) is 10.1. The molecule has 3 nitrogen and oxygen atoms in total. The van der Waals surface area contributed by atoms with Gasteiger partial charge in [0.15, 0.2) is 0 Å². The fraction of sp³-hybridized carbons (Fsp3) is 0.778. The Morgan fingerprint density at radius 2 is 1.52 bits per heavy atom. The molecule has 0 aliphatic heterocycles. The van der Waals surface area contributed by atoms with Gasteiger partial charge >= 0.3 is 0 Å². The topological polar surface area (TPSA) is 30.7 Å².